The van der Waals surface area contributed by atoms with Crippen LogP contribution < -0.4 is 9.64 Å². The van der Waals surface area contributed by atoms with Crippen LogP contribution in [0.3, 0.4) is 0 Å². The van der Waals surface area contributed by atoms with Gasteiger partial charge in [0.15, 0.2) is 0 Å². The van der Waals surface area contributed by atoms with Crippen molar-refractivity contribution < 1.29 is 4.74 Å². The summed E-state index contributed by atoms with van der Waals surface area (Å²) < 4.78 is 7.53. The van der Waals surface area contributed by atoms with Crippen molar-refractivity contribution in [2.24, 2.45) is 0 Å². The molecular formula is C16H22N4O. The maximum atomic E-state index is 5.58. The van der Waals surface area contributed by atoms with Crippen molar-refractivity contribution in [3.05, 3.63) is 35.9 Å². The lowest BCUT2D eigenvalue weighted by molar-refractivity contribution is 0.410. The lowest BCUT2D eigenvalue weighted by Gasteiger charge is -2.35. The summed E-state index contributed by atoms with van der Waals surface area (Å²) in [7, 11) is 1.74. The van der Waals surface area contributed by atoms with Crippen molar-refractivity contribution >= 4 is 5.69 Å². The molecule has 1 atom stereocenters. The summed E-state index contributed by atoms with van der Waals surface area (Å²) in [4.78, 5) is 6.76. The summed E-state index contributed by atoms with van der Waals surface area (Å²) in [5, 5.41) is 4.26. The number of fused-ring (bicyclic) bond motifs is 1. The van der Waals surface area contributed by atoms with E-state index in [1.165, 1.54) is 11.3 Å². The number of anilines is 1. The first-order valence-corrected chi connectivity index (χ1v) is 7.53. The number of benzene rings is 1. The number of para-hydroxylation sites is 1. The van der Waals surface area contributed by atoms with E-state index in [0.717, 1.165) is 37.6 Å². The van der Waals surface area contributed by atoms with Crippen LogP contribution in [-0.4, -0.2) is 28.4 Å². The number of ether oxygens (including phenoxy) is 1. The van der Waals surface area contributed by atoms with Crippen molar-refractivity contribution in [1.82, 2.24) is 14.8 Å². The van der Waals surface area contributed by atoms with E-state index in [1.54, 1.807) is 13.4 Å². The molecule has 0 saturated carbocycles. The van der Waals surface area contributed by atoms with Crippen LogP contribution in [-0.2, 0) is 13.1 Å². The highest BCUT2D eigenvalue weighted by Gasteiger charge is 2.26. The van der Waals surface area contributed by atoms with Crippen LogP contribution in [0.5, 0.6) is 5.75 Å². The van der Waals surface area contributed by atoms with Gasteiger partial charge >= 0.3 is 0 Å². The van der Waals surface area contributed by atoms with E-state index < -0.39 is 0 Å². The molecule has 21 heavy (non-hydrogen) atoms. The summed E-state index contributed by atoms with van der Waals surface area (Å²) >= 11 is 0. The van der Waals surface area contributed by atoms with Gasteiger partial charge in [0.2, 0.25) is 0 Å². The lowest BCUT2D eigenvalue weighted by atomic mass is 9.91. The molecule has 0 N–H and O–H groups in total. The number of hydrogen-bond donors (Lipinski definition) is 0. The van der Waals surface area contributed by atoms with Crippen LogP contribution in [0, 0.1) is 0 Å². The Hall–Kier alpha value is -2.04. The summed E-state index contributed by atoms with van der Waals surface area (Å²) in [5.41, 5.74) is 2.58. The Balaban J connectivity index is 1.97. The molecular weight excluding hydrogens is 264 g/mol. The van der Waals surface area contributed by atoms with Gasteiger partial charge in [-0.3, -0.25) is 0 Å². The SMILES string of the molecule is CCn1ncnc1CN1CCC(C)c2cccc(OC)c21. The van der Waals surface area contributed by atoms with E-state index >= 15 is 0 Å². The van der Waals surface area contributed by atoms with Crippen molar-refractivity contribution in [2.45, 2.75) is 39.3 Å². The molecule has 1 aromatic carbocycles. The smallest absolute Gasteiger partial charge is 0.146 e. The topological polar surface area (TPSA) is 43.2 Å². The Morgan fingerprint density at radius 3 is 3.00 bits per heavy atom. The molecule has 0 aliphatic carbocycles. The molecule has 0 radical (unpaired) electrons. The predicted octanol–water partition coefficient (Wildman–Crippen LogP) is 2.82. The molecule has 0 spiro atoms. The summed E-state index contributed by atoms with van der Waals surface area (Å²) in [6.45, 7) is 7.01. The molecule has 0 bridgehead atoms. The first-order chi connectivity index (χ1) is 10.2. The summed E-state index contributed by atoms with van der Waals surface area (Å²) in [6, 6.07) is 6.32. The molecule has 0 fully saturated rings. The van der Waals surface area contributed by atoms with Gasteiger partial charge < -0.3 is 9.64 Å². The molecule has 1 unspecified atom stereocenters. The highest BCUT2D eigenvalue weighted by Crippen LogP contribution is 2.41. The molecule has 3 rings (SSSR count). The second-order valence-electron chi connectivity index (χ2n) is 5.50. The van der Waals surface area contributed by atoms with E-state index in [1.807, 2.05) is 10.7 Å². The number of aryl methyl sites for hydroxylation is 1. The van der Waals surface area contributed by atoms with Crippen LogP contribution in [0.15, 0.2) is 24.5 Å². The zero-order valence-electron chi connectivity index (χ0n) is 12.9. The third kappa shape index (κ3) is 2.48. The fourth-order valence-corrected chi connectivity index (χ4v) is 3.06. The maximum absolute atomic E-state index is 5.58. The minimum atomic E-state index is 0.565. The first-order valence-electron chi connectivity index (χ1n) is 7.53. The molecule has 112 valence electrons. The largest absolute Gasteiger partial charge is 0.495 e. The molecule has 2 aromatic rings. The summed E-state index contributed by atoms with van der Waals surface area (Å²) in [6.07, 6.45) is 2.79. The van der Waals surface area contributed by atoms with Crippen molar-refractivity contribution in [1.29, 1.82) is 0 Å². The van der Waals surface area contributed by atoms with Gasteiger partial charge in [0.1, 0.15) is 17.9 Å². The Kier molecular flexibility index (Phi) is 3.82. The Morgan fingerprint density at radius 1 is 1.38 bits per heavy atom. The molecule has 1 aromatic heterocycles. The quantitative estimate of drug-likeness (QED) is 0.867. The minimum absolute atomic E-state index is 0.565. The molecule has 1 aliphatic heterocycles. The van der Waals surface area contributed by atoms with Gasteiger partial charge in [-0.2, -0.15) is 5.10 Å². The Morgan fingerprint density at radius 2 is 2.24 bits per heavy atom. The molecule has 5 nitrogen and oxygen atoms in total. The van der Waals surface area contributed by atoms with E-state index in [0.29, 0.717) is 5.92 Å². The average molecular weight is 286 g/mol. The lowest BCUT2D eigenvalue weighted by Crippen LogP contribution is -2.31. The molecule has 0 amide bonds. The van der Waals surface area contributed by atoms with Crippen molar-refractivity contribution in [2.75, 3.05) is 18.6 Å². The third-order valence-corrected chi connectivity index (χ3v) is 4.26. The van der Waals surface area contributed by atoms with Crippen molar-refractivity contribution in [3.8, 4) is 5.75 Å². The monoisotopic (exact) mass is 286 g/mol. The second-order valence-corrected chi connectivity index (χ2v) is 5.50. The summed E-state index contributed by atoms with van der Waals surface area (Å²) in [5.74, 6) is 2.51. The van der Waals surface area contributed by atoms with Crippen molar-refractivity contribution in [3.63, 3.8) is 0 Å². The predicted molar refractivity (Wildman–Crippen MR) is 82.8 cm³/mol. The van der Waals surface area contributed by atoms with Gasteiger partial charge in [-0.25, -0.2) is 9.67 Å². The van der Waals surface area contributed by atoms with Gasteiger partial charge in [-0.1, -0.05) is 19.1 Å². The first kappa shape index (κ1) is 13.9. The standard InChI is InChI=1S/C16H22N4O/c1-4-20-15(17-11-18-20)10-19-9-8-12(2)13-6-5-7-14(21-3)16(13)19/h5-7,11-12H,4,8-10H2,1-3H3. The number of aromatic nitrogens is 3. The van der Waals surface area contributed by atoms with E-state index in [-0.39, 0.29) is 0 Å². The van der Waals surface area contributed by atoms with Gasteiger partial charge in [-0.15, -0.1) is 0 Å². The zero-order valence-corrected chi connectivity index (χ0v) is 12.9. The normalized spacial score (nSPS) is 17.7. The van der Waals surface area contributed by atoms with E-state index in [2.05, 4.69) is 41.0 Å². The van der Waals surface area contributed by atoms with Crippen LogP contribution in [0.1, 0.15) is 37.6 Å². The van der Waals surface area contributed by atoms with Crippen LogP contribution >= 0.6 is 0 Å². The van der Waals surface area contributed by atoms with E-state index in [4.69, 9.17) is 4.74 Å². The second kappa shape index (κ2) is 5.76. The minimum Gasteiger partial charge on any atom is -0.495 e. The number of nitrogens with zero attached hydrogens (tertiary/aromatic N) is 4. The van der Waals surface area contributed by atoms with Gasteiger partial charge in [0, 0.05) is 13.1 Å². The van der Waals surface area contributed by atoms with Gasteiger partial charge in [0.05, 0.1) is 19.3 Å². The third-order valence-electron chi connectivity index (χ3n) is 4.26. The average Bonchev–Trinajstić information content (AvgIpc) is 2.96. The fraction of sp³-hybridized carbons (Fsp3) is 0.500. The molecule has 5 heteroatoms. The highest BCUT2D eigenvalue weighted by molar-refractivity contribution is 5.66. The Bertz CT molecular complexity index is 622. The molecule has 1 aliphatic rings. The van der Waals surface area contributed by atoms with E-state index in [9.17, 15) is 0 Å². The zero-order chi connectivity index (χ0) is 14.8. The maximum Gasteiger partial charge on any atom is 0.146 e. The number of methoxy groups -OCH3 is 1. The molecule has 2 heterocycles. The fourth-order valence-electron chi connectivity index (χ4n) is 3.06. The van der Waals surface area contributed by atoms with Gasteiger partial charge in [0.25, 0.3) is 0 Å². The Labute approximate surface area is 125 Å². The molecule has 0 saturated heterocycles. The number of rotatable bonds is 4. The van der Waals surface area contributed by atoms with Gasteiger partial charge in [-0.05, 0) is 30.9 Å². The van der Waals surface area contributed by atoms with Crippen LogP contribution in [0.25, 0.3) is 0 Å². The van der Waals surface area contributed by atoms with Crippen LogP contribution in [0.4, 0.5) is 5.69 Å². The van der Waals surface area contributed by atoms with Crippen LogP contribution in [0.2, 0.25) is 0 Å². The number of hydrogen-bond acceptors (Lipinski definition) is 4. The highest BCUT2D eigenvalue weighted by atomic mass is 16.5.